The molecule has 0 aromatic heterocycles. The van der Waals surface area contributed by atoms with Gasteiger partial charge in [0.25, 0.3) is 5.69 Å². The lowest BCUT2D eigenvalue weighted by Crippen LogP contribution is -1.94. The van der Waals surface area contributed by atoms with Gasteiger partial charge in [-0.25, -0.2) is 0 Å². The summed E-state index contributed by atoms with van der Waals surface area (Å²) in [6.45, 7) is 1.89. The minimum Gasteiger partial charge on any atom is -0.457 e. The molecular weight excluding hydrogens is 312 g/mol. The molecule has 2 rings (SSSR count). The molecule has 2 N–H and O–H groups in total. The van der Waals surface area contributed by atoms with Gasteiger partial charge in [-0.15, -0.1) is 0 Å². The number of halogens is 1. The molecular formula is C13H11BrN2O3. The monoisotopic (exact) mass is 322 g/mol. The van der Waals surface area contributed by atoms with E-state index in [4.69, 9.17) is 10.5 Å². The number of aryl methyl sites for hydroxylation is 1. The molecule has 0 amide bonds. The van der Waals surface area contributed by atoms with E-state index in [2.05, 4.69) is 15.9 Å². The van der Waals surface area contributed by atoms with E-state index in [1.165, 1.54) is 12.1 Å². The fourth-order valence-corrected chi connectivity index (χ4v) is 2.10. The quantitative estimate of drug-likeness (QED) is 0.525. The van der Waals surface area contributed by atoms with Crippen molar-refractivity contribution in [3.63, 3.8) is 0 Å². The van der Waals surface area contributed by atoms with Crippen molar-refractivity contribution in [2.75, 3.05) is 5.73 Å². The van der Waals surface area contributed by atoms with Crippen LogP contribution in [0.2, 0.25) is 0 Å². The molecule has 0 unspecified atom stereocenters. The Kier molecular flexibility index (Phi) is 3.71. The van der Waals surface area contributed by atoms with Crippen molar-refractivity contribution in [1.82, 2.24) is 0 Å². The molecule has 0 aliphatic rings. The maximum absolute atomic E-state index is 10.8. The van der Waals surface area contributed by atoms with Gasteiger partial charge in [0.15, 0.2) is 0 Å². The summed E-state index contributed by atoms with van der Waals surface area (Å²) in [5.74, 6) is 0.972. The Bertz CT molecular complexity index is 644. The molecule has 0 aliphatic heterocycles. The second-order valence-corrected chi connectivity index (χ2v) is 4.94. The summed E-state index contributed by atoms with van der Waals surface area (Å²) in [5.41, 5.74) is 6.74. The van der Waals surface area contributed by atoms with Gasteiger partial charge in [0.2, 0.25) is 0 Å². The van der Waals surface area contributed by atoms with Crippen molar-refractivity contribution < 1.29 is 9.66 Å². The summed E-state index contributed by atoms with van der Waals surface area (Å²) < 4.78 is 6.57. The van der Waals surface area contributed by atoms with Crippen molar-refractivity contribution in [3.8, 4) is 11.5 Å². The molecule has 98 valence electrons. The molecule has 0 atom stereocenters. The molecule has 0 spiro atoms. The van der Waals surface area contributed by atoms with Gasteiger partial charge >= 0.3 is 0 Å². The predicted molar refractivity (Wildman–Crippen MR) is 76.5 cm³/mol. The number of nitro groups is 1. The largest absolute Gasteiger partial charge is 0.457 e. The standard InChI is InChI=1S/C13H11BrN2O3/c1-8-4-9(14)2-3-13(8)19-12-6-10(15)5-11(7-12)16(17)18/h2-7H,15H2,1H3. The molecule has 0 radical (unpaired) electrons. The number of nitrogen functional groups attached to an aromatic ring is 1. The van der Waals surface area contributed by atoms with Crippen LogP contribution in [0.15, 0.2) is 40.9 Å². The molecule has 2 aromatic rings. The average Bonchev–Trinajstić information content (AvgIpc) is 2.32. The fourth-order valence-electron chi connectivity index (χ4n) is 1.62. The Balaban J connectivity index is 2.35. The Labute approximate surface area is 118 Å². The zero-order valence-corrected chi connectivity index (χ0v) is 11.7. The van der Waals surface area contributed by atoms with E-state index in [9.17, 15) is 10.1 Å². The molecule has 5 nitrogen and oxygen atoms in total. The van der Waals surface area contributed by atoms with Gasteiger partial charge in [0.1, 0.15) is 11.5 Å². The smallest absolute Gasteiger partial charge is 0.275 e. The molecule has 0 fully saturated rings. The summed E-state index contributed by atoms with van der Waals surface area (Å²) in [7, 11) is 0. The van der Waals surface area contributed by atoms with Crippen LogP contribution in [0.1, 0.15) is 5.56 Å². The van der Waals surface area contributed by atoms with Gasteiger partial charge in [-0.3, -0.25) is 10.1 Å². The lowest BCUT2D eigenvalue weighted by atomic mass is 10.2. The summed E-state index contributed by atoms with van der Waals surface area (Å²) >= 11 is 3.36. The zero-order chi connectivity index (χ0) is 14.0. The van der Waals surface area contributed by atoms with Crippen LogP contribution in [0.4, 0.5) is 11.4 Å². The highest BCUT2D eigenvalue weighted by atomic mass is 79.9. The van der Waals surface area contributed by atoms with Crippen LogP contribution < -0.4 is 10.5 Å². The first-order valence-corrected chi connectivity index (χ1v) is 6.24. The Morgan fingerprint density at radius 2 is 2.00 bits per heavy atom. The van der Waals surface area contributed by atoms with Gasteiger partial charge in [-0.05, 0) is 30.7 Å². The number of hydrogen-bond acceptors (Lipinski definition) is 4. The second-order valence-electron chi connectivity index (χ2n) is 4.03. The molecule has 0 saturated heterocycles. The minimum atomic E-state index is -0.502. The third-order valence-corrected chi connectivity index (χ3v) is 2.98. The highest BCUT2D eigenvalue weighted by molar-refractivity contribution is 9.10. The van der Waals surface area contributed by atoms with E-state index in [0.717, 1.165) is 10.0 Å². The first-order chi connectivity index (χ1) is 8.95. The molecule has 6 heteroatoms. The van der Waals surface area contributed by atoms with E-state index in [1.807, 2.05) is 19.1 Å². The van der Waals surface area contributed by atoms with Gasteiger partial charge < -0.3 is 10.5 Å². The number of nitrogens with zero attached hydrogens (tertiary/aromatic N) is 1. The molecule has 0 heterocycles. The van der Waals surface area contributed by atoms with Crippen LogP contribution in [-0.4, -0.2) is 4.92 Å². The third-order valence-electron chi connectivity index (χ3n) is 2.49. The van der Waals surface area contributed by atoms with E-state index in [-0.39, 0.29) is 5.69 Å². The fraction of sp³-hybridized carbons (Fsp3) is 0.0769. The van der Waals surface area contributed by atoms with Crippen LogP contribution in [0.25, 0.3) is 0 Å². The van der Waals surface area contributed by atoms with Gasteiger partial charge in [-0.1, -0.05) is 15.9 Å². The number of non-ortho nitro benzene ring substituents is 1. The van der Waals surface area contributed by atoms with Gasteiger partial charge in [-0.2, -0.15) is 0 Å². The first kappa shape index (κ1) is 13.4. The van der Waals surface area contributed by atoms with Crippen LogP contribution in [-0.2, 0) is 0 Å². The lowest BCUT2D eigenvalue weighted by Gasteiger charge is -2.09. The Hall–Kier alpha value is -2.08. The van der Waals surface area contributed by atoms with E-state index in [1.54, 1.807) is 12.1 Å². The SMILES string of the molecule is Cc1cc(Br)ccc1Oc1cc(N)cc([N+](=O)[O-])c1. The molecule has 0 aliphatic carbocycles. The van der Waals surface area contributed by atoms with Crippen LogP contribution in [0, 0.1) is 17.0 Å². The van der Waals surface area contributed by atoms with E-state index in [0.29, 0.717) is 17.2 Å². The van der Waals surface area contributed by atoms with Crippen molar-refractivity contribution in [3.05, 3.63) is 56.5 Å². The summed E-state index contributed by atoms with van der Waals surface area (Å²) in [4.78, 5) is 10.3. The Morgan fingerprint density at radius 3 is 2.63 bits per heavy atom. The average molecular weight is 323 g/mol. The number of anilines is 1. The van der Waals surface area contributed by atoms with Crippen LogP contribution in [0.5, 0.6) is 11.5 Å². The van der Waals surface area contributed by atoms with Crippen molar-refractivity contribution in [2.24, 2.45) is 0 Å². The van der Waals surface area contributed by atoms with E-state index >= 15 is 0 Å². The van der Waals surface area contributed by atoms with Gasteiger partial charge in [0.05, 0.1) is 11.0 Å². The third kappa shape index (κ3) is 3.23. The normalized spacial score (nSPS) is 10.2. The minimum absolute atomic E-state index is 0.0928. The van der Waals surface area contributed by atoms with Crippen molar-refractivity contribution in [2.45, 2.75) is 6.92 Å². The lowest BCUT2D eigenvalue weighted by molar-refractivity contribution is -0.384. The number of rotatable bonds is 3. The number of benzene rings is 2. The van der Waals surface area contributed by atoms with E-state index < -0.39 is 4.92 Å². The zero-order valence-electron chi connectivity index (χ0n) is 10.1. The van der Waals surface area contributed by atoms with Crippen LogP contribution >= 0.6 is 15.9 Å². The van der Waals surface area contributed by atoms with Crippen molar-refractivity contribution >= 4 is 27.3 Å². The summed E-state index contributed by atoms with van der Waals surface area (Å²) in [6.07, 6.45) is 0. The Morgan fingerprint density at radius 1 is 1.26 bits per heavy atom. The second kappa shape index (κ2) is 5.27. The van der Waals surface area contributed by atoms with Crippen LogP contribution in [0.3, 0.4) is 0 Å². The highest BCUT2D eigenvalue weighted by Crippen LogP contribution is 2.31. The summed E-state index contributed by atoms with van der Waals surface area (Å²) in [6, 6.07) is 9.71. The van der Waals surface area contributed by atoms with Crippen molar-refractivity contribution in [1.29, 1.82) is 0 Å². The topological polar surface area (TPSA) is 78.4 Å². The maximum Gasteiger partial charge on any atom is 0.275 e. The van der Waals surface area contributed by atoms with Gasteiger partial charge in [0, 0.05) is 22.3 Å². The number of hydrogen-bond donors (Lipinski definition) is 1. The molecule has 2 aromatic carbocycles. The number of nitro benzene ring substituents is 1. The maximum atomic E-state index is 10.8. The number of ether oxygens (including phenoxy) is 1. The predicted octanol–water partition coefficient (Wildman–Crippen LogP) is 4.04. The first-order valence-electron chi connectivity index (χ1n) is 5.44. The highest BCUT2D eigenvalue weighted by Gasteiger charge is 2.10. The molecule has 0 saturated carbocycles. The molecule has 19 heavy (non-hydrogen) atoms. The summed E-state index contributed by atoms with van der Waals surface area (Å²) in [5, 5.41) is 10.8. The molecule has 0 bridgehead atoms. The number of nitrogens with two attached hydrogens (primary N) is 1.